The summed E-state index contributed by atoms with van der Waals surface area (Å²) in [4.78, 5) is 44.6. The number of nitrogens with zero attached hydrogens (tertiary/aromatic N) is 3. The zero-order valence-corrected chi connectivity index (χ0v) is 18.1. The van der Waals surface area contributed by atoms with Crippen molar-refractivity contribution in [3.8, 4) is 0 Å². The van der Waals surface area contributed by atoms with E-state index in [1.165, 1.54) is 16.2 Å². The van der Waals surface area contributed by atoms with E-state index in [-0.39, 0.29) is 18.4 Å². The van der Waals surface area contributed by atoms with E-state index in [9.17, 15) is 14.4 Å². The largest absolute Gasteiger partial charge is 0.452 e. The van der Waals surface area contributed by atoms with Gasteiger partial charge in [0.25, 0.3) is 5.91 Å². The highest BCUT2D eigenvalue weighted by atomic mass is 32.1. The van der Waals surface area contributed by atoms with Crippen molar-refractivity contribution in [1.29, 1.82) is 0 Å². The van der Waals surface area contributed by atoms with Crippen molar-refractivity contribution in [2.45, 2.75) is 26.3 Å². The van der Waals surface area contributed by atoms with E-state index in [0.29, 0.717) is 30.2 Å². The number of fused-ring (bicyclic) bond motifs is 1. The molecule has 2 heterocycles. The van der Waals surface area contributed by atoms with Gasteiger partial charge in [0.15, 0.2) is 11.7 Å². The van der Waals surface area contributed by atoms with Crippen molar-refractivity contribution >= 4 is 44.5 Å². The van der Waals surface area contributed by atoms with E-state index in [1.807, 2.05) is 48.2 Å². The minimum Gasteiger partial charge on any atom is -0.452 e. The number of rotatable bonds is 7. The molecule has 4 rings (SSSR count). The zero-order valence-electron chi connectivity index (χ0n) is 17.2. The predicted molar refractivity (Wildman–Crippen MR) is 119 cm³/mol. The van der Waals surface area contributed by atoms with Crippen LogP contribution in [0.4, 0.5) is 5.13 Å². The molecule has 8 heteroatoms. The number of carbonyl (C=O) groups is 3. The molecule has 31 heavy (non-hydrogen) atoms. The van der Waals surface area contributed by atoms with Crippen LogP contribution in [-0.2, 0) is 20.9 Å². The molecule has 0 bridgehead atoms. The molecule has 0 radical (unpaired) electrons. The molecule has 0 unspecified atom stereocenters. The topological polar surface area (TPSA) is 79.8 Å². The SMILES string of the molecule is CCN(C(=O)COC(=O)c1ccc(CN2CCCC2=O)cc1)c1nc2ccccc2s1. The Labute approximate surface area is 184 Å². The van der Waals surface area contributed by atoms with Gasteiger partial charge < -0.3 is 9.64 Å². The highest BCUT2D eigenvalue weighted by Gasteiger charge is 2.21. The van der Waals surface area contributed by atoms with Gasteiger partial charge in [-0.05, 0) is 43.2 Å². The van der Waals surface area contributed by atoms with Crippen LogP contribution in [0.3, 0.4) is 0 Å². The summed E-state index contributed by atoms with van der Waals surface area (Å²) >= 11 is 1.43. The van der Waals surface area contributed by atoms with Crippen LogP contribution in [0.25, 0.3) is 10.2 Å². The molecule has 1 saturated heterocycles. The molecule has 2 amide bonds. The molecule has 0 aliphatic carbocycles. The number of amides is 2. The summed E-state index contributed by atoms with van der Waals surface area (Å²) < 4.78 is 6.24. The van der Waals surface area contributed by atoms with Crippen LogP contribution >= 0.6 is 11.3 Å². The second-order valence-electron chi connectivity index (χ2n) is 7.29. The lowest BCUT2D eigenvalue weighted by atomic mass is 10.1. The molecule has 160 valence electrons. The highest BCUT2D eigenvalue weighted by molar-refractivity contribution is 7.22. The van der Waals surface area contributed by atoms with Crippen LogP contribution < -0.4 is 4.90 Å². The van der Waals surface area contributed by atoms with Crippen molar-refractivity contribution in [3.63, 3.8) is 0 Å². The standard InChI is InChI=1S/C23H23N3O4S/c1-2-26(23-24-18-6-3-4-7-19(18)31-23)21(28)15-30-22(29)17-11-9-16(10-12-17)14-25-13-5-8-20(25)27/h3-4,6-7,9-12H,2,5,8,13-15H2,1H3. The molecule has 2 aromatic carbocycles. The molecular formula is C23H23N3O4S. The van der Waals surface area contributed by atoms with Crippen LogP contribution in [0.2, 0.25) is 0 Å². The number of esters is 1. The van der Waals surface area contributed by atoms with Crippen molar-refractivity contribution in [2.24, 2.45) is 0 Å². The van der Waals surface area contributed by atoms with Gasteiger partial charge in [-0.2, -0.15) is 0 Å². The summed E-state index contributed by atoms with van der Waals surface area (Å²) in [6, 6.07) is 14.6. The van der Waals surface area contributed by atoms with Gasteiger partial charge in [0.2, 0.25) is 5.91 Å². The smallest absolute Gasteiger partial charge is 0.338 e. The van der Waals surface area contributed by atoms with Gasteiger partial charge in [-0.1, -0.05) is 35.6 Å². The molecular weight excluding hydrogens is 414 g/mol. The Hall–Kier alpha value is -3.26. The third-order valence-corrected chi connectivity index (χ3v) is 6.25. The van der Waals surface area contributed by atoms with Crippen molar-refractivity contribution < 1.29 is 19.1 Å². The average Bonchev–Trinajstić information content (AvgIpc) is 3.39. The molecule has 7 nitrogen and oxygen atoms in total. The molecule has 1 fully saturated rings. The van der Waals surface area contributed by atoms with E-state index < -0.39 is 5.97 Å². The van der Waals surface area contributed by atoms with Crippen LogP contribution in [-0.4, -0.2) is 47.4 Å². The Kier molecular flexibility index (Phi) is 6.27. The molecule has 0 N–H and O–H groups in total. The van der Waals surface area contributed by atoms with Crippen LogP contribution in [0.15, 0.2) is 48.5 Å². The fourth-order valence-corrected chi connectivity index (χ4v) is 4.57. The van der Waals surface area contributed by atoms with Gasteiger partial charge >= 0.3 is 5.97 Å². The van der Waals surface area contributed by atoms with E-state index in [1.54, 1.807) is 12.1 Å². The minimum absolute atomic E-state index is 0.163. The van der Waals surface area contributed by atoms with E-state index >= 15 is 0 Å². The van der Waals surface area contributed by atoms with Gasteiger partial charge in [0, 0.05) is 26.1 Å². The first-order chi connectivity index (χ1) is 15.0. The lowest BCUT2D eigenvalue weighted by Gasteiger charge is -2.17. The summed E-state index contributed by atoms with van der Waals surface area (Å²) in [7, 11) is 0. The zero-order chi connectivity index (χ0) is 21.8. The van der Waals surface area contributed by atoms with Gasteiger partial charge in [-0.3, -0.25) is 14.5 Å². The van der Waals surface area contributed by atoms with Crippen LogP contribution in [0.1, 0.15) is 35.7 Å². The number of aromatic nitrogens is 1. The number of hydrogen-bond acceptors (Lipinski definition) is 6. The fourth-order valence-electron chi connectivity index (χ4n) is 3.52. The van der Waals surface area contributed by atoms with E-state index in [4.69, 9.17) is 4.74 Å². The Morgan fingerprint density at radius 3 is 2.61 bits per heavy atom. The third-order valence-electron chi connectivity index (χ3n) is 5.19. The first kappa shape index (κ1) is 21.0. The number of thiazole rings is 1. The van der Waals surface area contributed by atoms with Gasteiger partial charge in [0.1, 0.15) is 0 Å². The number of carbonyl (C=O) groups excluding carboxylic acids is 3. The van der Waals surface area contributed by atoms with Gasteiger partial charge in [-0.15, -0.1) is 0 Å². The maximum Gasteiger partial charge on any atom is 0.338 e. The monoisotopic (exact) mass is 437 g/mol. The van der Waals surface area contributed by atoms with Gasteiger partial charge in [-0.25, -0.2) is 9.78 Å². The van der Waals surface area contributed by atoms with Gasteiger partial charge in [0.05, 0.1) is 15.8 Å². The molecule has 0 atom stereocenters. The number of hydrogen-bond donors (Lipinski definition) is 0. The first-order valence-electron chi connectivity index (χ1n) is 10.2. The van der Waals surface area contributed by atoms with Crippen molar-refractivity contribution in [3.05, 3.63) is 59.7 Å². The second-order valence-corrected chi connectivity index (χ2v) is 8.30. The molecule has 1 aliphatic heterocycles. The average molecular weight is 438 g/mol. The lowest BCUT2D eigenvalue weighted by molar-refractivity contribution is -0.128. The Bertz CT molecular complexity index is 1080. The summed E-state index contributed by atoms with van der Waals surface area (Å²) in [5.74, 6) is -0.716. The predicted octanol–water partition coefficient (Wildman–Crippen LogP) is 3.63. The number of benzene rings is 2. The van der Waals surface area contributed by atoms with Crippen molar-refractivity contribution in [2.75, 3.05) is 24.6 Å². The number of likely N-dealkylation sites (tertiary alicyclic amines) is 1. The molecule has 0 spiro atoms. The van der Waals surface area contributed by atoms with E-state index in [0.717, 1.165) is 28.7 Å². The number of anilines is 1. The molecule has 1 aliphatic rings. The fraction of sp³-hybridized carbons (Fsp3) is 0.304. The number of likely N-dealkylation sites (N-methyl/N-ethyl adjacent to an activating group) is 1. The normalized spacial score (nSPS) is 13.6. The van der Waals surface area contributed by atoms with Crippen LogP contribution in [0.5, 0.6) is 0 Å². The summed E-state index contributed by atoms with van der Waals surface area (Å²) in [5, 5.41) is 0.588. The quantitative estimate of drug-likeness (QED) is 0.528. The lowest BCUT2D eigenvalue weighted by Crippen LogP contribution is -2.34. The molecule has 3 aromatic rings. The Balaban J connectivity index is 1.34. The van der Waals surface area contributed by atoms with Crippen LogP contribution in [0, 0.1) is 0 Å². The summed E-state index contributed by atoms with van der Waals surface area (Å²) in [6.07, 6.45) is 1.49. The Morgan fingerprint density at radius 1 is 1.16 bits per heavy atom. The second kappa shape index (κ2) is 9.26. The summed E-state index contributed by atoms with van der Waals surface area (Å²) in [5.41, 5.74) is 2.16. The maximum atomic E-state index is 12.6. The third kappa shape index (κ3) is 4.74. The molecule has 1 aromatic heterocycles. The number of para-hydroxylation sites is 1. The molecule has 0 saturated carbocycles. The highest BCUT2D eigenvalue weighted by Crippen LogP contribution is 2.28. The Morgan fingerprint density at radius 2 is 1.94 bits per heavy atom. The summed E-state index contributed by atoms with van der Waals surface area (Å²) in [6.45, 7) is 3.25. The number of ether oxygens (including phenoxy) is 1. The van der Waals surface area contributed by atoms with Crippen molar-refractivity contribution in [1.82, 2.24) is 9.88 Å². The first-order valence-corrected chi connectivity index (χ1v) is 11.1. The maximum absolute atomic E-state index is 12.6. The van der Waals surface area contributed by atoms with E-state index in [2.05, 4.69) is 4.98 Å². The minimum atomic E-state index is -0.558.